The molecule has 0 aliphatic carbocycles. The molecule has 2 rings (SSSR count). The van der Waals surface area contributed by atoms with Gasteiger partial charge in [0, 0.05) is 13.1 Å². The van der Waals surface area contributed by atoms with Crippen LogP contribution in [0.4, 0.5) is 0 Å². The van der Waals surface area contributed by atoms with E-state index >= 15 is 0 Å². The number of hydrogen-bond acceptors (Lipinski definition) is 4. The molecule has 1 aromatic heterocycles. The van der Waals surface area contributed by atoms with Crippen LogP contribution in [-0.2, 0) is 13.2 Å². The molecule has 0 bridgehead atoms. The van der Waals surface area contributed by atoms with Crippen LogP contribution in [0.5, 0.6) is 0 Å². The van der Waals surface area contributed by atoms with Gasteiger partial charge in [0.05, 0.1) is 12.8 Å². The fraction of sp³-hybridized carbons (Fsp3) is 0.833. The molecule has 1 fully saturated rings. The third-order valence-corrected chi connectivity index (χ3v) is 3.34. The van der Waals surface area contributed by atoms with E-state index in [4.69, 9.17) is 5.11 Å². The molecule has 0 radical (unpaired) electrons. The van der Waals surface area contributed by atoms with Crippen molar-refractivity contribution in [2.45, 2.75) is 39.3 Å². The second-order valence-corrected chi connectivity index (χ2v) is 4.90. The van der Waals surface area contributed by atoms with Crippen LogP contribution in [0.25, 0.3) is 0 Å². The van der Waals surface area contributed by atoms with E-state index in [1.54, 1.807) is 0 Å². The monoisotopic (exact) mass is 238 g/mol. The average Bonchev–Trinajstić information content (AvgIpc) is 2.78. The van der Waals surface area contributed by atoms with Gasteiger partial charge in [0.25, 0.3) is 0 Å². The highest BCUT2D eigenvalue weighted by atomic mass is 16.3. The number of piperidine rings is 1. The van der Waals surface area contributed by atoms with E-state index in [1.165, 1.54) is 38.9 Å². The highest BCUT2D eigenvalue weighted by molar-refractivity contribution is 4.89. The second kappa shape index (κ2) is 6.12. The summed E-state index contributed by atoms with van der Waals surface area (Å²) in [5.41, 5.74) is 0.659. The van der Waals surface area contributed by atoms with Crippen molar-refractivity contribution in [3.63, 3.8) is 0 Å². The minimum atomic E-state index is -0.0212. The smallest absolute Gasteiger partial charge is 0.108 e. The number of nitrogens with zero attached hydrogens (tertiary/aromatic N) is 4. The molecule has 1 atom stereocenters. The molecule has 96 valence electrons. The third-order valence-electron chi connectivity index (χ3n) is 3.34. The van der Waals surface area contributed by atoms with E-state index in [-0.39, 0.29) is 6.61 Å². The van der Waals surface area contributed by atoms with Crippen LogP contribution in [0, 0.1) is 5.92 Å². The lowest BCUT2D eigenvalue weighted by molar-refractivity contribution is 0.159. The lowest BCUT2D eigenvalue weighted by Gasteiger charge is -2.32. The first kappa shape index (κ1) is 12.5. The molecule has 1 saturated heterocycles. The average molecular weight is 238 g/mol. The highest BCUT2D eigenvalue weighted by Crippen LogP contribution is 2.18. The second-order valence-electron chi connectivity index (χ2n) is 4.90. The Morgan fingerprint density at radius 1 is 1.53 bits per heavy atom. The van der Waals surface area contributed by atoms with Crippen molar-refractivity contribution in [2.24, 2.45) is 5.92 Å². The molecule has 0 unspecified atom stereocenters. The molecule has 0 aromatic carbocycles. The van der Waals surface area contributed by atoms with Gasteiger partial charge in [0.15, 0.2) is 0 Å². The van der Waals surface area contributed by atoms with E-state index in [9.17, 15) is 0 Å². The molecular formula is C12H22N4O. The Morgan fingerprint density at radius 3 is 3.12 bits per heavy atom. The summed E-state index contributed by atoms with van der Waals surface area (Å²) in [5, 5.41) is 16.9. The molecule has 1 aromatic rings. The Hall–Kier alpha value is -0.940. The third kappa shape index (κ3) is 3.51. The maximum atomic E-state index is 8.94. The zero-order chi connectivity index (χ0) is 12.1. The van der Waals surface area contributed by atoms with Crippen molar-refractivity contribution >= 4 is 0 Å². The van der Waals surface area contributed by atoms with Crippen LogP contribution >= 0.6 is 0 Å². The Kier molecular flexibility index (Phi) is 4.50. The molecule has 17 heavy (non-hydrogen) atoms. The van der Waals surface area contributed by atoms with Crippen molar-refractivity contribution in [1.82, 2.24) is 19.9 Å². The Morgan fingerprint density at radius 2 is 2.41 bits per heavy atom. The zero-order valence-electron chi connectivity index (χ0n) is 10.5. The first-order valence-electron chi connectivity index (χ1n) is 6.54. The maximum absolute atomic E-state index is 8.94. The van der Waals surface area contributed by atoms with Gasteiger partial charge in [-0.1, -0.05) is 12.1 Å². The first-order valence-corrected chi connectivity index (χ1v) is 6.54. The molecule has 1 N–H and O–H groups in total. The number of rotatable bonds is 5. The van der Waals surface area contributed by atoms with Gasteiger partial charge >= 0.3 is 0 Å². The summed E-state index contributed by atoms with van der Waals surface area (Å²) in [6.45, 7) is 6.75. The molecule has 5 heteroatoms. The van der Waals surface area contributed by atoms with Crippen molar-refractivity contribution in [2.75, 3.05) is 19.6 Å². The SMILES string of the molecule is CCCN1CCC[C@H](Cn2cc(CO)nn2)C1. The lowest BCUT2D eigenvalue weighted by Crippen LogP contribution is -2.37. The summed E-state index contributed by atoms with van der Waals surface area (Å²) >= 11 is 0. The molecule has 2 heterocycles. The standard InChI is InChI=1S/C12H22N4O/c1-2-5-15-6-3-4-11(7-15)8-16-9-12(10-17)13-14-16/h9,11,17H,2-8,10H2,1H3/t11-/m0/s1. The van der Waals surface area contributed by atoms with Crippen LogP contribution in [0.2, 0.25) is 0 Å². The van der Waals surface area contributed by atoms with Crippen LogP contribution in [-0.4, -0.2) is 44.6 Å². The number of aliphatic hydroxyl groups excluding tert-OH is 1. The van der Waals surface area contributed by atoms with E-state index in [2.05, 4.69) is 22.1 Å². The summed E-state index contributed by atoms with van der Waals surface area (Å²) in [6.07, 6.45) is 5.63. The molecule has 0 spiro atoms. The van der Waals surface area contributed by atoms with Gasteiger partial charge in [-0.25, -0.2) is 0 Å². The van der Waals surface area contributed by atoms with Crippen LogP contribution in [0.3, 0.4) is 0 Å². The molecule has 0 saturated carbocycles. The predicted octanol–water partition coefficient (Wildman–Crippen LogP) is 0.892. The van der Waals surface area contributed by atoms with Crippen molar-refractivity contribution in [3.05, 3.63) is 11.9 Å². The van der Waals surface area contributed by atoms with Crippen molar-refractivity contribution < 1.29 is 5.11 Å². The van der Waals surface area contributed by atoms with Crippen molar-refractivity contribution in [1.29, 1.82) is 0 Å². The molecular weight excluding hydrogens is 216 g/mol. The zero-order valence-corrected chi connectivity index (χ0v) is 10.5. The largest absolute Gasteiger partial charge is 0.390 e. The van der Waals surface area contributed by atoms with Gasteiger partial charge in [0.2, 0.25) is 0 Å². The number of aliphatic hydroxyl groups is 1. The molecule has 1 aliphatic rings. The minimum absolute atomic E-state index is 0.0212. The topological polar surface area (TPSA) is 54.2 Å². The Labute approximate surface area is 102 Å². The Bertz CT molecular complexity index is 337. The van der Waals surface area contributed by atoms with Gasteiger partial charge in [-0.3, -0.25) is 4.68 Å². The van der Waals surface area contributed by atoms with Gasteiger partial charge in [0.1, 0.15) is 5.69 Å². The van der Waals surface area contributed by atoms with E-state index in [0.29, 0.717) is 11.6 Å². The van der Waals surface area contributed by atoms with Crippen LogP contribution in [0.15, 0.2) is 6.20 Å². The first-order chi connectivity index (χ1) is 8.31. The van der Waals surface area contributed by atoms with Gasteiger partial charge < -0.3 is 10.0 Å². The highest BCUT2D eigenvalue weighted by Gasteiger charge is 2.19. The lowest BCUT2D eigenvalue weighted by atomic mass is 9.98. The predicted molar refractivity (Wildman–Crippen MR) is 65.4 cm³/mol. The number of likely N-dealkylation sites (tertiary alicyclic amines) is 1. The summed E-state index contributed by atoms with van der Waals surface area (Å²) < 4.78 is 1.87. The molecule has 0 amide bonds. The fourth-order valence-electron chi connectivity index (χ4n) is 2.58. The van der Waals surface area contributed by atoms with E-state index < -0.39 is 0 Å². The number of hydrogen-bond donors (Lipinski definition) is 1. The fourth-order valence-corrected chi connectivity index (χ4v) is 2.58. The van der Waals surface area contributed by atoms with Crippen molar-refractivity contribution in [3.8, 4) is 0 Å². The minimum Gasteiger partial charge on any atom is -0.390 e. The normalized spacial score (nSPS) is 21.9. The van der Waals surface area contributed by atoms with Crippen LogP contribution < -0.4 is 0 Å². The van der Waals surface area contributed by atoms with Gasteiger partial charge in [-0.15, -0.1) is 5.10 Å². The summed E-state index contributed by atoms with van der Waals surface area (Å²) in [5.74, 6) is 0.670. The number of aromatic nitrogens is 3. The Balaban J connectivity index is 1.85. The van der Waals surface area contributed by atoms with Gasteiger partial charge in [-0.05, 0) is 38.3 Å². The molecule has 5 nitrogen and oxygen atoms in total. The van der Waals surface area contributed by atoms with E-state index in [0.717, 1.165) is 6.54 Å². The maximum Gasteiger partial charge on any atom is 0.108 e. The van der Waals surface area contributed by atoms with Gasteiger partial charge in [-0.2, -0.15) is 0 Å². The quantitative estimate of drug-likeness (QED) is 0.828. The summed E-state index contributed by atoms with van der Waals surface area (Å²) in [6, 6.07) is 0. The molecule has 1 aliphatic heterocycles. The van der Waals surface area contributed by atoms with Crippen LogP contribution in [0.1, 0.15) is 31.9 Å². The summed E-state index contributed by atoms with van der Waals surface area (Å²) in [4.78, 5) is 2.54. The van der Waals surface area contributed by atoms with E-state index in [1.807, 2.05) is 10.9 Å². The summed E-state index contributed by atoms with van der Waals surface area (Å²) in [7, 11) is 0.